The number of aliphatic hydroxyl groups is 1. The van der Waals surface area contributed by atoms with Gasteiger partial charge < -0.3 is 14.6 Å². The number of ether oxygens (including phenoxy) is 2. The van der Waals surface area contributed by atoms with Gasteiger partial charge in [0.2, 0.25) is 0 Å². The Bertz CT molecular complexity index is 1500. The first-order valence-corrected chi connectivity index (χ1v) is 11.4. The van der Waals surface area contributed by atoms with Gasteiger partial charge in [-0.25, -0.2) is 9.37 Å². The minimum atomic E-state index is -1.000. The molecule has 1 fully saturated rings. The minimum Gasteiger partial charge on any atom is -0.507 e. The van der Waals surface area contributed by atoms with E-state index in [4.69, 9.17) is 9.47 Å². The molecule has 35 heavy (non-hydrogen) atoms. The van der Waals surface area contributed by atoms with Crippen LogP contribution in [0.25, 0.3) is 16.0 Å². The molecular formula is C26H19FN2O5S. The lowest BCUT2D eigenvalue weighted by Crippen LogP contribution is -2.29. The molecule has 1 N–H and O–H groups in total. The summed E-state index contributed by atoms with van der Waals surface area (Å²) in [5.41, 5.74) is 1.30. The van der Waals surface area contributed by atoms with Gasteiger partial charge in [0.25, 0.3) is 5.78 Å². The van der Waals surface area contributed by atoms with Gasteiger partial charge in [-0.2, -0.15) is 0 Å². The third kappa shape index (κ3) is 3.79. The van der Waals surface area contributed by atoms with Gasteiger partial charge in [0.15, 0.2) is 16.6 Å². The third-order valence-corrected chi connectivity index (χ3v) is 6.78. The molecule has 0 radical (unpaired) electrons. The molecule has 0 aliphatic carbocycles. The van der Waals surface area contributed by atoms with Gasteiger partial charge in [0, 0.05) is 5.56 Å². The van der Waals surface area contributed by atoms with Crippen molar-refractivity contribution in [1.82, 2.24) is 4.98 Å². The maximum atomic E-state index is 13.8. The number of aliphatic hydroxyl groups excluding tert-OH is 1. The molecule has 5 rings (SSSR count). The van der Waals surface area contributed by atoms with Gasteiger partial charge in [0.05, 0.1) is 36.1 Å². The Balaban J connectivity index is 1.75. The van der Waals surface area contributed by atoms with Gasteiger partial charge in [-0.3, -0.25) is 14.5 Å². The van der Waals surface area contributed by atoms with Gasteiger partial charge in [-0.05, 0) is 35.9 Å². The number of halogens is 1. The number of hydrogen-bond acceptors (Lipinski definition) is 7. The van der Waals surface area contributed by atoms with Crippen molar-refractivity contribution in [3.63, 3.8) is 0 Å². The van der Waals surface area contributed by atoms with Gasteiger partial charge in [-0.1, -0.05) is 47.7 Å². The van der Waals surface area contributed by atoms with Crippen molar-refractivity contribution in [3.05, 3.63) is 89.2 Å². The maximum absolute atomic E-state index is 13.8. The summed E-state index contributed by atoms with van der Waals surface area (Å²) in [5, 5.41) is 11.4. The third-order valence-electron chi connectivity index (χ3n) is 5.76. The van der Waals surface area contributed by atoms with Crippen molar-refractivity contribution in [2.24, 2.45) is 0 Å². The number of nitrogens with zero attached hydrogens (tertiary/aromatic N) is 2. The molecule has 4 aromatic rings. The molecule has 0 unspecified atom stereocenters. The van der Waals surface area contributed by atoms with Crippen molar-refractivity contribution in [1.29, 1.82) is 0 Å². The lowest BCUT2D eigenvalue weighted by Gasteiger charge is -2.23. The van der Waals surface area contributed by atoms with Gasteiger partial charge >= 0.3 is 5.91 Å². The lowest BCUT2D eigenvalue weighted by molar-refractivity contribution is -0.132. The van der Waals surface area contributed by atoms with Gasteiger partial charge in [0.1, 0.15) is 11.6 Å². The monoisotopic (exact) mass is 490 g/mol. The van der Waals surface area contributed by atoms with Crippen LogP contribution >= 0.6 is 11.3 Å². The Hall–Kier alpha value is -4.24. The second-order valence-electron chi connectivity index (χ2n) is 7.76. The van der Waals surface area contributed by atoms with Crippen LogP contribution in [-0.2, 0) is 9.59 Å². The fourth-order valence-electron chi connectivity index (χ4n) is 4.11. The average Bonchev–Trinajstić information content (AvgIpc) is 3.41. The van der Waals surface area contributed by atoms with E-state index in [9.17, 15) is 19.1 Å². The fraction of sp³-hybridized carbons (Fsp3) is 0.115. The molecule has 1 aliphatic rings. The van der Waals surface area contributed by atoms with E-state index >= 15 is 0 Å². The molecule has 1 saturated heterocycles. The molecule has 0 saturated carbocycles. The summed E-state index contributed by atoms with van der Waals surface area (Å²) < 4.78 is 25.1. The zero-order valence-corrected chi connectivity index (χ0v) is 19.5. The summed E-state index contributed by atoms with van der Waals surface area (Å²) in [4.78, 5) is 32.3. The Morgan fingerprint density at radius 3 is 2.46 bits per heavy atom. The first kappa shape index (κ1) is 22.5. The van der Waals surface area contributed by atoms with E-state index in [0.717, 1.165) is 11.3 Å². The molecule has 0 spiro atoms. The van der Waals surface area contributed by atoms with Crippen LogP contribution in [0.5, 0.6) is 11.5 Å². The van der Waals surface area contributed by atoms with E-state index in [1.54, 1.807) is 48.5 Å². The molecule has 7 nitrogen and oxygen atoms in total. The molecule has 1 aromatic heterocycles. The largest absolute Gasteiger partial charge is 0.507 e. The number of hydrogen-bond donors (Lipinski definition) is 1. The zero-order chi connectivity index (χ0) is 24.7. The number of fused-ring (bicyclic) bond motifs is 1. The van der Waals surface area contributed by atoms with Crippen molar-refractivity contribution < 1.29 is 28.6 Å². The number of ketones is 1. The number of carbonyl (C=O) groups excluding carboxylic acids is 2. The molecule has 9 heteroatoms. The average molecular weight is 491 g/mol. The van der Waals surface area contributed by atoms with E-state index in [1.165, 1.54) is 37.3 Å². The summed E-state index contributed by atoms with van der Waals surface area (Å²) in [6.45, 7) is 0. The Kier molecular flexibility index (Phi) is 5.70. The smallest absolute Gasteiger partial charge is 0.301 e. The summed E-state index contributed by atoms with van der Waals surface area (Å²) >= 11 is 1.08. The fourth-order valence-corrected chi connectivity index (χ4v) is 5.13. The first-order chi connectivity index (χ1) is 16.9. The number of Topliss-reactive ketones (excluding diaryl/α,β-unsaturated/α-hetero) is 1. The van der Waals surface area contributed by atoms with Crippen molar-refractivity contribution in [2.75, 3.05) is 19.1 Å². The first-order valence-electron chi connectivity index (χ1n) is 10.6. The molecule has 3 aromatic carbocycles. The maximum Gasteiger partial charge on any atom is 0.301 e. The second-order valence-corrected chi connectivity index (χ2v) is 8.77. The number of benzene rings is 3. The standard InChI is InChI=1S/C26H19FN2O5S/c1-33-18-11-8-15(12-19(18)34-2)22-21(23(30)14-6-4-3-5-7-14)24(31)25(32)29(22)26-28-17-10-9-16(27)13-20(17)35-26/h3-13,22,30H,1-2H3/t22-/m0/s1. The van der Waals surface area contributed by atoms with E-state index in [1.807, 2.05) is 0 Å². The highest BCUT2D eigenvalue weighted by atomic mass is 32.1. The highest BCUT2D eigenvalue weighted by Crippen LogP contribution is 2.45. The summed E-state index contributed by atoms with van der Waals surface area (Å²) in [6.07, 6.45) is 0. The van der Waals surface area contributed by atoms with Crippen LogP contribution in [0.4, 0.5) is 9.52 Å². The van der Waals surface area contributed by atoms with E-state index in [-0.39, 0.29) is 16.5 Å². The topological polar surface area (TPSA) is 89.0 Å². The van der Waals surface area contributed by atoms with Crippen molar-refractivity contribution >= 4 is 44.1 Å². The molecule has 1 atom stereocenters. The normalized spacial score (nSPS) is 17.2. The summed E-state index contributed by atoms with van der Waals surface area (Å²) in [6, 6.07) is 16.6. The predicted octanol–water partition coefficient (Wildman–Crippen LogP) is 5.08. The van der Waals surface area contributed by atoms with E-state index < -0.39 is 23.5 Å². The predicted molar refractivity (Wildman–Crippen MR) is 130 cm³/mol. The van der Waals surface area contributed by atoms with Crippen LogP contribution in [0, 0.1) is 5.82 Å². The Morgan fingerprint density at radius 1 is 1.00 bits per heavy atom. The van der Waals surface area contributed by atoms with E-state index in [2.05, 4.69) is 4.98 Å². The number of methoxy groups -OCH3 is 2. The molecule has 176 valence electrons. The molecule has 2 heterocycles. The molecule has 1 amide bonds. The van der Waals surface area contributed by atoms with Gasteiger partial charge in [-0.15, -0.1) is 0 Å². The quantitative estimate of drug-likeness (QED) is 0.239. The summed E-state index contributed by atoms with van der Waals surface area (Å²) in [5.74, 6) is -1.58. The highest BCUT2D eigenvalue weighted by Gasteiger charge is 2.48. The minimum absolute atomic E-state index is 0.0844. The molecule has 1 aliphatic heterocycles. The Morgan fingerprint density at radius 2 is 1.74 bits per heavy atom. The number of aromatic nitrogens is 1. The number of rotatable bonds is 5. The number of anilines is 1. The van der Waals surface area contributed by atoms with Crippen LogP contribution in [0.2, 0.25) is 0 Å². The van der Waals surface area contributed by atoms with Crippen molar-refractivity contribution in [3.8, 4) is 11.5 Å². The van der Waals surface area contributed by atoms with Crippen molar-refractivity contribution in [2.45, 2.75) is 6.04 Å². The van der Waals surface area contributed by atoms with Crippen LogP contribution in [0.3, 0.4) is 0 Å². The van der Waals surface area contributed by atoms with Crippen LogP contribution in [0.1, 0.15) is 17.2 Å². The SMILES string of the molecule is COc1ccc([C@H]2C(=C(O)c3ccccc3)C(=O)C(=O)N2c2nc3ccc(F)cc3s2)cc1OC. The zero-order valence-electron chi connectivity index (χ0n) is 18.7. The highest BCUT2D eigenvalue weighted by molar-refractivity contribution is 7.22. The van der Waals surface area contributed by atoms with Crippen LogP contribution in [0.15, 0.2) is 72.3 Å². The lowest BCUT2D eigenvalue weighted by atomic mass is 9.95. The molecular weight excluding hydrogens is 471 g/mol. The van der Waals surface area contributed by atoms with Crippen LogP contribution in [-0.4, -0.2) is 36.0 Å². The number of thiazole rings is 1. The van der Waals surface area contributed by atoms with Crippen LogP contribution < -0.4 is 14.4 Å². The second kappa shape index (κ2) is 8.84. The Labute approximate surface area is 203 Å². The number of amides is 1. The summed E-state index contributed by atoms with van der Waals surface area (Å²) in [7, 11) is 2.98. The molecule has 0 bridgehead atoms. The van der Waals surface area contributed by atoms with E-state index in [0.29, 0.717) is 32.8 Å². The number of carbonyl (C=O) groups is 2.